The first kappa shape index (κ1) is 20.9. The minimum absolute atomic E-state index is 0.180. The molecule has 11 heteroatoms. The molecule has 1 amide bonds. The summed E-state index contributed by atoms with van der Waals surface area (Å²) in [5.41, 5.74) is 1.76. The molecule has 0 radical (unpaired) electrons. The lowest BCUT2D eigenvalue weighted by Gasteiger charge is -2.23. The van der Waals surface area contributed by atoms with Crippen LogP contribution in [0.25, 0.3) is 10.6 Å². The molecule has 2 aliphatic rings. The average molecular weight is 473 g/mol. The summed E-state index contributed by atoms with van der Waals surface area (Å²) >= 11 is 1.21. The van der Waals surface area contributed by atoms with Crippen molar-refractivity contribution in [3.8, 4) is 22.1 Å². The van der Waals surface area contributed by atoms with Gasteiger partial charge in [0.2, 0.25) is 27.9 Å². The molecule has 3 heterocycles. The summed E-state index contributed by atoms with van der Waals surface area (Å²) in [7, 11) is -3.77. The van der Waals surface area contributed by atoms with E-state index in [9.17, 15) is 13.2 Å². The van der Waals surface area contributed by atoms with Crippen LogP contribution in [0.4, 0.5) is 5.13 Å². The third-order valence-corrected chi connectivity index (χ3v) is 8.22. The van der Waals surface area contributed by atoms with Crippen LogP contribution in [0.5, 0.6) is 11.5 Å². The molecular formula is C21H20N4O5S2. The van der Waals surface area contributed by atoms with Crippen molar-refractivity contribution >= 4 is 32.4 Å². The second-order valence-electron chi connectivity index (χ2n) is 7.56. The highest BCUT2D eigenvalue weighted by molar-refractivity contribution is 7.89. The lowest BCUT2D eigenvalue weighted by molar-refractivity contribution is -0.119. The number of sulfonamides is 1. The van der Waals surface area contributed by atoms with Gasteiger partial charge in [0.25, 0.3) is 0 Å². The number of hydrogen-bond donors (Lipinski definition) is 1. The molecule has 3 aromatic rings. The first-order chi connectivity index (χ1) is 15.4. The van der Waals surface area contributed by atoms with Crippen LogP contribution in [0.3, 0.4) is 0 Å². The zero-order valence-corrected chi connectivity index (χ0v) is 18.8. The maximum absolute atomic E-state index is 13.1. The number of carbonyl (C=O) groups excluding carboxylic acids is 1. The number of amides is 1. The molecule has 9 nitrogen and oxygen atoms in total. The molecule has 2 aliphatic heterocycles. The molecule has 1 fully saturated rings. The summed E-state index contributed by atoms with van der Waals surface area (Å²) in [6.45, 7) is 2.37. The number of benzene rings is 2. The minimum atomic E-state index is -3.77. The van der Waals surface area contributed by atoms with Crippen LogP contribution in [0, 0.1) is 6.92 Å². The quantitative estimate of drug-likeness (QED) is 0.608. The highest BCUT2D eigenvalue weighted by Crippen LogP contribution is 2.37. The van der Waals surface area contributed by atoms with E-state index in [0.717, 1.165) is 11.1 Å². The smallest absolute Gasteiger partial charge is 0.244 e. The molecule has 1 aromatic heterocycles. The van der Waals surface area contributed by atoms with E-state index < -0.39 is 22.0 Å². The molecule has 0 bridgehead atoms. The van der Waals surface area contributed by atoms with Gasteiger partial charge >= 0.3 is 0 Å². The number of aromatic nitrogens is 2. The zero-order chi connectivity index (χ0) is 22.3. The number of ether oxygens (including phenoxy) is 2. The van der Waals surface area contributed by atoms with Crippen molar-refractivity contribution in [2.24, 2.45) is 0 Å². The van der Waals surface area contributed by atoms with Crippen LogP contribution in [-0.4, -0.2) is 48.2 Å². The first-order valence-electron chi connectivity index (χ1n) is 10.0. The van der Waals surface area contributed by atoms with Gasteiger partial charge in [-0.05, 0) is 50.1 Å². The number of aryl methyl sites for hydroxylation is 1. The van der Waals surface area contributed by atoms with Crippen LogP contribution in [0.15, 0.2) is 47.4 Å². The largest absolute Gasteiger partial charge is 0.454 e. The first-order valence-corrected chi connectivity index (χ1v) is 12.3. The average Bonchev–Trinajstić information content (AvgIpc) is 3.53. The topological polar surface area (TPSA) is 111 Å². The van der Waals surface area contributed by atoms with Crippen LogP contribution in [0.1, 0.15) is 18.4 Å². The Labute approximate surface area is 189 Å². The van der Waals surface area contributed by atoms with E-state index in [2.05, 4.69) is 15.5 Å². The Morgan fingerprint density at radius 2 is 1.91 bits per heavy atom. The van der Waals surface area contributed by atoms with E-state index in [4.69, 9.17) is 9.47 Å². The monoisotopic (exact) mass is 472 g/mol. The van der Waals surface area contributed by atoms with E-state index in [1.165, 1.54) is 15.6 Å². The number of carbonyl (C=O) groups is 1. The number of anilines is 1. The molecule has 0 saturated carbocycles. The van der Waals surface area contributed by atoms with Crippen LogP contribution >= 0.6 is 11.3 Å². The van der Waals surface area contributed by atoms with Gasteiger partial charge in [-0.25, -0.2) is 8.42 Å². The molecule has 1 atom stereocenters. The molecule has 1 N–H and O–H groups in total. The molecule has 1 unspecified atom stereocenters. The van der Waals surface area contributed by atoms with Gasteiger partial charge in [-0.15, -0.1) is 10.2 Å². The van der Waals surface area contributed by atoms with E-state index in [0.29, 0.717) is 41.0 Å². The van der Waals surface area contributed by atoms with Gasteiger partial charge < -0.3 is 9.47 Å². The van der Waals surface area contributed by atoms with Gasteiger partial charge in [0.15, 0.2) is 11.5 Å². The van der Waals surface area contributed by atoms with Gasteiger partial charge in [0.1, 0.15) is 11.0 Å². The summed E-state index contributed by atoms with van der Waals surface area (Å²) in [5.74, 6) is 0.890. The Bertz CT molecular complexity index is 1270. The van der Waals surface area contributed by atoms with Gasteiger partial charge in [0, 0.05) is 12.1 Å². The van der Waals surface area contributed by atoms with Crippen molar-refractivity contribution in [2.45, 2.75) is 30.7 Å². The van der Waals surface area contributed by atoms with Crippen molar-refractivity contribution in [3.05, 3.63) is 48.0 Å². The Balaban J connectivity index is 1.32. The SMILES string of the molecule is Cc1ccc(S(=O)(=O)N2CCCC2C(=O)Nc2nnc(-c3ccc4c(c3)OCO4)s2)cc1. The Morgan fingerprint density at radius 1 is 1.12 bits per heavy atom. The molecule has 0 aliphatic carbocycles. The van der Waals surface area contributed by atoms with E-state index in [1.807, 2.05) is 13.0 Å². The molecule has 166 valence electrons. The predicted molar refractivity (Wildman–Crippen MR) is 118 cm³/mol. The predicted octanol–water partition coefficient (Wildman–Crippen LogP) is 3.03. The Kier molecular flexibility index (Phi) is 5.31. The fourth-order valence-corrected chi connectivity index (χ4v) is 6.14. The van der Waals surface area contributed by atoms with Crippen LogP contribution < -0.4 is 14.8 Å². The summed E-state index contributed by atoms with van der Waals surface area (Å²) in [6.07, 6.45) is 1.06. The second-order valence-corrected chi connectivity index (χ2v) is 10.4. The van der Waals surface area contributed by atoms with Crippen LogP contribution in [-0.2, 0) is 14.8 Å². The van der Waals surface area contributed by atoms with E-state index >= 15 is 0 Å². The van der Waals surface area contributed by atoms with Crippen molar-refractivity contribution in [1.29, 1.82) is 0 Å². The Hall–Kier alpha value is -3.02. The molecule has 2 aromatic carbocycles. The molecule has 32 heavy (non-hydrogen) atoms. The number of hydrogen-bond acceptors (Lipinski definition) is 8. The number of fused-ring (bicyclic) bond motifs is 1. The fourth-order valence-electron chi connectivity index (χ4n) is 3.74. The van der Waals surface area contributed by atoms with Gasteiger partial charge in [-0.2, -0.15) is 4.31 Å². The zero-order valence-electron chi connectivity index (χ0n) is 17.1. The lowest BCUT2D eigenvalue weighted by atomic mass is 10.2. The van der Waals surface area contributed by atoms with Crippen molar-refractivity contribution < 1.29 is 22.7 Å². The summed E-state index contributed by atoms with van der Waals surface area (Å²) in [4.78, 5) is 13.1. The highest BCUT2D eigenvalue weighted by atomic mass is 32.2. The standard InChI is InChI=1S/C21H20N4O5S2/c1-13-4-7-15(8-5-13)32(27,28)25-10-2-3-16(25)19(26)22-21-24-23-20(31-21)14-6-9-17-18(11-14)30-12-29-17/h4-9,11,16H,2-3,10,12H2,1H3,(H,22,24,26). The maximum Gasteiger partial charge on any atom is 0.244 e. The molecular weight excluding hydrogens is 452 g/mol. The summed E-state index contributed by atoms with van der Waals surface area (Å²) in [5, 5.41) is 11.8. The molecule has 5 rings (SSSR count). The van der Waals surface area contributed by atoms with Gasteiger partial charge in [-0.1, -0.05) is 29.0 Å². The molecule has 0 spiro atoms. The normalized spacial score (nSPS) is 18.1. The maximum atomic E-state index is 13.1. The fraction of sp³-hybridized carbons (Fsp3) is 0.286. The van der Waals surface area contributed by atoms with Gasteiger partial charge in [0.05, 0.1) is 4.90 Å². The second kappa shape index (κ2) is 8.15. The highest BCUT2D eigenvalue weighted by Gasteiger charge is 2.39. The lowest BCUT2D eigenvalue weighted by Crippen LogP contribution is -2.43. The number of rotatable bonds is 5. The van der Waals surface area contributed by atoms with E-state index in [1.54, 1.807) is 36.4 Å². The van der Waals surface area contributed by atoms with Crippen molar-refractivity contribution in [2.75, 3.05) is 18.7 Å². The van der Waals surface area contributed by atoms with Gasteiger partial charge in [-0.3, -0.25) is 10.1 Å². The number of nitrogens with one attached hydrogen (secondary N) is 1. The van der Waals surface area contributed by atoms with Crippen LogP contribution in [0.2, 0.25) is 0 Å². The summed E-state index contributed by atoms with van der Waals surface area (Å²) < 4.78 is 38.2. The summed E-state index contributed by atoms with van der Waals surface area (Å²) in [6, 6.07) is 11.3. The third-order valence-electron chi connectivity index (χ3n) is 5.41. The third kappa shape index (κ3) is 3.83. The van der Waals surface area contributed by atoms with E-state index in [-0.39, 0.29) is 11.7 Å². The molecule has 1 saturated heterocycles. The Morgan fingerprint density at radius 3 is 2.72 bits per heavy atom. The minimum Gasteiger partial charge on any atom is -0.454 e. The van der Waals surface area contributed by atoms with Crippen molar-refractivity contribution in [3.63, 3.8) is 0 Å². The number of nitrogens with zero attached hydrogens (tertiary/aromatic N) is 3. The van der Waals surface area contributed by atoms with Crippen molar-refractivity contribution in [1.82, 2.24) is 14.5 Å².